The lowest BCUT2D eigenvalue weighted by atomic mass is 10.2. The number of hydrogen-bond donors (Lipinski definition) is 1. The van der Waals surface area contributed by atoms with Crippen LogP contribution < -0.4 is 15.1 Å². The smallest absolute Gasteiger partial charge is 0.243 e. The number of aryl methyl sites for hydroxylation is 1. The minimum absolute atomic E-state index is 0.0516. The topological polar surface area (TPSA) is 74.2 Å². The second-order valence-corrected chi connectivity index (χ2v) is 8.17. The molecule has 0 aliphatic carbocycles. The molecule has 4 rings (SSSR count). The molecule has 0 unspecified atom stereocenters. The van der Waals surface area contributed by atoms with Gasteiger partial charge in [-0.05, 0) is 25.3 Å². The number of thiazole rings is 1. The summed E-state index contributed by atoms with van der Waals surface area (Å²) in [7, 11) is 3.94. The van der Waals surface area contributed by atoms with E-state index in [-0.39, 0.29) is 11.9 Å². The van der Waals surface area contributed by atoms with E-state index in [9.17, 15) is 4.79 Å². The number of carbonyl (C=O) groups excluding carboxylic acids is 1. The highest BCUT2D eigenvalue weighted by Gasteiger charge is 2.33. The zero-order valence-electron chi connectivity index (χ0n) is 16.3. The maximum absolute atomic E-state index is 12.8. The second-order valence-electron chi connectivity index (χ2n) is 7.19. The van der Waals surface area contributed by atoms with Crippen molar-refractivity contribution in [1.29, 1.82) is 0 Å². The van der Waals surface area contributed by atoms with Crippen LogP contribution in [0, 0.1) is 6.92 Å². The number of rotatable bonds is 5. The number of hydrogen-bond acceptors (Lipinski definition) is 7. The fourth-order valence-electron chi connectivity index (χ4n) is 3.50. The van der Waals surface area contributed by atoms with Crippen molar-refractivity contribution in [2.75, 3.05) is 30.4 Å². The first-order valence-corrected chi connectivity index (χ1v) is 10.3. The number of fused-ring (bicyclic) bond motifs is 1. The number of amides is 1. The molecule has 1 aliphatic heterocycles. The molecule has 0 radical (unpaired) electrons. The molecule has 3 aromatic rings. The van der Waals surface area contributed by atoms with E-state index < -0.39 is 0 Å². The van der Waals surface area contributed by atoms with Crippen molar-refractivity contribution < 1.29 is 4.79 Å². The zero-order valence-corrected chi connectivity index (χ0v) is 17.2. The third-order valence-corrected chi connectivity index (χ3v) is 5.95. The van der Waals surface area contributed by atoms with E-state index in [1.165, 1.54) is 0 Å². The molecule has 1 amide bonds. The highest BCUT2D eigenvalue weighted by Crippen LogP contribution is 2.36. The molecule has 0 bridgehead atoms. The number of aromatic nitrogens is 3. The molecule has 146 valence electrons. The van der Waals surface area contributed by atoms with Gasteiger partial charge >= 0.3 is 0 Å². The van der Waals surface area contributed by atoms with Crippen LogP contribution in [-0.2, 0) is 11.3 Å². The molecule has 1 atom stereocenters. The standard InChI is InChI=1S/C20H24N6OS/c1-13-22-17-16(18(23-13)25(2)3)28-20(24-17)26-11-7-10-15(26)19(27)21-12-14-8-5-4-6-9-14/h4-6,8-9,15H,7,10-12H2,1-3H3,(H,21,27)/t15-/m1/s1. The number of carbonyl (C=O) groups is 1. The number of nitrogens with zero attached hydrogens (tertiary/aromatic N) is 5. The lowest BCUT2D eigenvalue weighted by molar-refractivity contribution is -0.122. The molecule has 0 spiro atoms. The molecule has 3 heterocycles. The molecular weight excluding hydrogens is 372 g/mol. The molecule has 1 saturated heterocycles. The van der Waals surface area contributed by atoms with Gasteiger partial charge in [-0.2, -0.15) is 4.98 Å². The third-order valence-electron chi connectivity index (χ3n) is 4.87. The molecule has 2 aromatic heterocycles. The maximum atomic E-state index is 12.8. The molecule has 28 heavy (non-hydrogen) atoms. The molecule has 0 saturated carbocycles. The summed E-state index contributed by atoms with van der Waals surface area (Å²) in [5, 5.41) is 3.92. The first kappa shape index (κ1) is 18.6. The fraction of sp³-hybridized carbons (Fsp3) is 0.400. The van der Waals surface area contributed by atoms with Crippen molar-refractivity contribution in [3.63, 3.8) is 0 Å². The van der Waals surface area contributed by atoms with E-state index in [2.05, 4.69) is 20.2 Å². The van der Waals surface area contributed by atoms with E-state index in [1.54, 1.807) is 11.3 Å². The predicted octanol–water partition coefficient (Wildman–Crippen LogP) is 2.75. The first-order chi connectivity index (χ1) is 13.5. The van der Waals surface area contributed by atoms with Crippen LogP contribution in [0.3, 0.4) is 0 Å². The van der Waals surface area contributed by atoms with E-state index >= 15 is 0 Å². The molecule has 1 aromatic carbocycles. The van der Waals surface area contributed by atoms with Gasteiger partial charge in [0.15, 0.2) is 16.6 Å². The molecule has 7 nitrogen and oxygen atoms in total. The van der Waals surface area contributed by atoms with Crippen LogP contribution in [0.4, 0.5) is 10.9 Å². The summed E-state index contributed by atoms with van der Waals surface area (Å²) in [4.78, 5) is 30.7. The molecule has 1 N–H and O–H groups in total. The van der Waals surface area contributed by atoms with Crippen molar-refractivity contribution in [3.05, 3.63) is 41.7 Å². The fourth-order valence-corrected chi connectivity index (χ4v) is 4.65. The summed E-state index contributed by atoms with van der Waals surface area (Å²) in [6.07, 6.45) is 1.81. The Morgan fingerprint density at radius 2 is 2.04 bits per heavy atom. The Labute approximate surface area is 168 Å². The van der Waals surface area contributed by atoms with E-state index in [4.69, 9.17) is 4.98 Å². The van der Waals surface area contributed by atoms with Crippen LogP contribution in [0.2, 0.25) is 0 Å². The van der Waals surface area contributed by atoms with Crippen LogP contribution >= 0.6 is 11.3 Å². The SMILES string of the molecule is Cc1nc(N(C)C)c2sc(N3CCC[C@@H]3C(=O)NCc3ccccc3)nc2n1. The van der Waals surface area contributed by atoms with Crippen LogP contribution in [0.5, 0.6) is 0 Å². The van der Waals surface area contributed by atoms with Crippen molar-refractivity contribution in [3.8, 4) is 0 Å². The van der Waals surface area contributed by atoms with E-state index in [0.717, 1.165) is 40.6 Å². The van der Waals surface area contributed by atoms with Gasteiger partial charge in [-0.25, -0.2) is 9.97 Å². The number of benzene rings is 1. The highest BCUT2D eigenvalue weighted by atomic mass is 32.1. The van der Waals surface area contributed by atoms with E-state index in [0.29, 0.717) is 18.0 Å². The van der Waals surface area contributed by atoms with Gasteiger partial charge in [0.2, 0.25) is 5.91 Å². The predicted molar refractivity (Wildman–Crippen MR) is 113 cm³/mol. The highest BCUT2D eigenvalue weighted by molar-refractivity contribution is 7.22. The minimum Gasteiger partial charge on any atom is -0.361 e. The lowest BCUT2D eigenvalue weighted by Crippen LogP contribution is -2.43. The van der Waals surface area contributed by atoms with Gasteiger partial charge in [-0.15, -0.1) is 0 Å². The maximum Gasteiger partial charge on any atom is 0.243 e. The largest absolute Gasteiger partial charge is 0.361 e. The Bertz CT molecular complexity index is 987. The average molecular weight is 397 g/mol. The minimum atomic E-state index is -0.193. The van der Waals surface area contributed by atoms with E-state index in [1.807, 2.05) is 56.3 Å². The molecule has 1 fully saturated rings. The first-order valence-electron chi connectivity index (χ1n) is 9.43. The molecular formula is C20H24N6OS. The Morgan fingerprint density at radius 1 is 1.25 bits per heavy atom. The summed E-state index contributed by atoms with van der Waals surface area (Å²) in [6, 6.07) is 9.78. The van der Waals surface area contributed by atoms with Crippen LogP contribution in [0.1, 0.15) is 24.2 Å². The average Bonchev–Trinajstić information content (AvgIpc) is 3.32. The van der Waals surface area contributed by atoms with Gasteiger partial charge in [0, 0.05) is 27.2 Å². The normalized spacial score (nSPS) is 16.5. The Balaban J connectivity index is 1.56. The number of nitrogens with one attached hydrogen (secondary N) is 1. The molecule has 1 aliphatic rings. The van der Waals surface area contributed by atoms with Gasteiger partial charge in [0.1, 0.15) is 16.6 Å². The summed E-state index contributed by atoms with van der Waals surface area (Å²) in [5.41, 5.74) is 1.80. The van der Waals surface area contributed by atoms with Crippen LogP contribution in [-0.4, -0.2) is 47.5 Å². The molecule has 8 heteroatoms. The van der Waals surface area contributed by atoms with Crippen molar-refractivity contribution in [1.82, 2.24) is 20.3 Å². The van der Waals surface area contributed by atoms with Gasteiger partial charge < -0.3 is 15.1 Å². The quantitative estimate of drug-likeness (QED) is 0.715. The second kappa shape index (κ2) is 7.71. The summed E-state index contributed by atoms with van der Waals surface area (Å²) in [5.74, 6) is 1.62. The van der Waals surface area contributed by atoms with Crippen molar-refractivity contribution in [2.24, 2.45) is 0 Å². The van der Waals surface area contributed by atoms with Gasteiger partial charge in [-0.1, -0.05) is 41.7 Å². The van der Waals surface area contributed by atoms with Crippen LogP contribution in [0.25, 0.3) is 10.3 Å². The number of anilines is 2. The lowest BCUT2D eigenvalue weighted by Gasteiger charge is -2.23. The van der Waals surface area contributed by atoms with Crippen LogP contribution in [0.15, 0.2) is 30.3 Å². The zero-order chi connectivity index (χ0) is 19.7. The summed E-state index contributed by atoms with van der Waals surface area (Å²) >= 11 is 1.56. The third kappa shape index (κ3) is 3.64. The Morgan fingerprint density at radius 3 is 2.79 bits per heavy atom. The Kier molecular flexibility index (Phi) is 5.13. The summed E-state index contributed by atoms with van der Waals surface area (Å²) < 4.78 is 0.959. The van der Waals surface area contributed by atoms with Crippen molar-refractivity contribution >= 4 is 38.5 Å². The monoisotopic (exact) mass is 396 g/mol. The van der Waals surface area contributed by atoms with Crippen molar-refractivity contribution in [2.45, 2.75) is 32.4 Å². The van der Waals surface area contributed by atoms with Gasteiger partial charge in [0.05, 0.1) is 0 Å². The summed E-state index contributed by atoms with van der Waals surface area (Å²) in [6.45, 7) is 3.24. The van der Waals surface area contributed by atoms with Gasteiger partial charge in [-0.3, -0.25) is 4.79 Å². The van der Waals surface area contributed by atoms with Gasteiger partial charge in [0.25, 0.3) is 0 Å². The Hall–Kier alpha value is -2.74.